The summed E-state index contributed by atoms with van der Waals surface area (Å²) in [6.45, 7) is 26.8. The van der Waals surface area contributed by atoms with Crippen molar-refractivity contribution < 1.29 is 5.11 Å². The molecule has 0 spiro atoms. The van der Waals surface area contributed by atoms with Gasteiger partial charge in [-0.3, -0.25) is 0 Å². The van der Waals surface area contributed by atoms with Gasteiger partial charge in [0.1, 0.15) is 5.75 Å². The van der Waals surface area contributed by atoms with E-state index in [-0.39, 0.29) is 36.5 Å². The van der Waals surface area contributed by atoms with Crippen LogP contribution in [0.25, 0.3) is 0 Å². The fourth-order valence-electron chi connectivity index (χ4n) is 3.84. The predicted octanol–water partition coefficient (Wildman–Crippen LogP) is 9.45. The minimum Gasteiger partial charge on any atom is -0.507 e. The molecule has 0 saturated heterocycles. The third kappa shape index (κ3) is 7.12. The van der Waals surface area contributed by atoms with Crippen molar-refractivity contribution in [2.24, 2.45) is 0 Å². The van der Waals surface area contributed by atoms with Crippen LogP contribution in [0.15, 0.2) is 30.3 Å². The van der Waals surface area contributed by atoms with E-state index >= 15 is 0 Å². The van der Waals surface area contributed by atoms with Crippen molar-refractivity contribution in [3.63, 3.8) is 0 Å². The highest BCUT2D eigenvalue weighted by Gasteiger charge is 2.27. The smallest absolute Gasteiger partial charge is 0.123 e. The van der Waals surface area contributed by atoms with E-state index in [1.54, 1.807) is 0 Å². The molecular formula is C31H52O. The Balaban J connectivity index is 0.00000480. The largest absolute Gasteiger partial charge is 0.507 e. The summed E-state index contributed by atoms with van der Waals surface area (Å²) < 4.78 is 0. The molecule has 0 bridgehead atoms. The molecule has 2 aromatic carbocycles. The first kappa shape index (κ1) is 30.2. The SMILES string of the molecule is C.C.CC(C)(C)c1cc(Cc2cc(C(C)(C)C)c(O)c(C(C)(C)C)c2)cc(C(C)(C)C)c1. The van der Waals surface area contributed by atoms with Crippen molar-refractivity contribution in [3.8, 4) is 5.75 Å². The van der Waals surface area contributed by atoms with Crippen LogP contribution < -0.4 is 0 Å². The van der Waals surface area contributed by atoms with Crippen molar-refractivity contribution in [1.82, 2.24) is 0 Å². The molecule has 0 aliphatic heterocycles. The zero-order valence-corrected chi connectivity index (χ0v) is 21.5. The summed E-state index contributed by atoms with van der Waals surface area (Å²) in [5, 5.41) is 11.1. The van der Waals surface area contributed by atoms with Crippen LogP contribution in [0.5, 0.6) is 5.75 Å². The van der Waals surface area contributed by atoms with E-state index < -0.39 is 0 Å². The van der Waals surface area contributed by atoms with Gasteiger partial charge in [0.15, 0.2) is 0 Å². The molecule has 0 aliphatic carbocycles. The first-order chi connectivity index (χ1) is 13.3. The lowest BCUT2D eigenvalue weighted by atomic mass is 9.77. The lowest BCUT2D eigenvalue weighted by Gasteiger charge is -2.29. The number of hydrogen-bond donors (Lipinski definition) is 1. The summed E-state index contributed by atoms with van der Waals surface area (Å²) >= 11 is 0. The van der Waals surface area contributed by atoms with E-state index in [1.807, 2.05) is 0 Å². The molecule has 0 amide bonds. The van der Waals surface area contributed by atoms with Crippen molar-refractivity contribution in [2.45, 2.75) is 126 Å². The van der Waals surface area contributed by atoms with Gasteiger partial charge in [-0.25, -0.2) is 0 Å². The first-order valence-corrected chi connectivity index (χ1v) is 11.3. The molecule has 0 fully saturated rings. The normalized spacial score (nSPS) is 12.8. The fraction of sp³-hybridized carbons (Fsp3) is 0.613. The van der Waals surface area contributed by atoms with Crippen LogP contribution in [0.4, 0.5) is 0 Å². The van der Waals surface area contributed by atoms with Gasteiger partial charge in [0.25, 0.3) is 0 Å². The number of phenolic OH excluding ortho intramolecular Hbond substituents is 1. The van der Waals surface area contributed by atoms with Gasteiger partial charge in [-0.05, 0) is 61.5 Å². The summed E-state index contributed by atoms with van der Waals surface area (Å²) in [6, 6.07) is 11.5. The molecule has 32 heavy (non-hydrogen) atoms. The van der Waals surface area contributed by atoms with Crippen molar-refractivity contribution >= 4 is 0 Å². The van der Waals surface area contributed by atoms with Gasteiger partial charge in [-0.1, -0.05) is 128 Å². The third-order valence-corrected chi connectivity index (χ3v) is 5.92. The maximum Gasteiger partial charge on any atom is 0.123 e. The maximum atomic E-state index is 11.1. The van der Waals surface area contributed by atoms with Gasteiger partial charge in [-0.15, -0.1) is 0 Å². The standard InChI is InChI=1S/C29H44O.2CH4/c1-26(2,3)21-14-19(15-22(18-21)27(4,5)6)13-20-16-23(28(7,8)9)25(30)24(17-20)29(10,11)12;;/h14-18,30H,13H2,1-12H3;2*1H4. The highest BCUT2D eigenvalue weighted by atomic mass is 16.3. The molecule has 1 N–H and O–H groups in total. The minimum absolute atomic E-state index is 0. The van der Waals surface area contributed by atoms with Crippen LogP contribution in [0, 0.1) is 0 Å². The molecule has 1 heteroatoms. The molecule has 0 saturated carbocycles. The topological polar surface area (TPSA) is 20.2 Å². The zero-order valence-electron chi connectivity index (χ0n) is 21.5. The Morgan fingerprint density at radius 3 is 1.09 bits per heavy atom. The Morgan fingerprint density at radius 1 is 0.500 bits per heavy atom. The monoisotopic (exact) mass is 440 g/mol. The van der Waals surface area contributed by atoms with Gasteiger partial charge in [0.05, 0.1) is 0 Å². The van der Waals surface area contributed by atoms with Crippen molar-refractivity contribution in [3.05, 3.63) is 63.7 Å². The number of aromatic hydroxyl groups is 1. The van der Waals surface area contributed by atoms with Gasteiger partial charge in [-0.2, -0.15) is 0 Å². The predicted molar refractivity (Wildman–Crippen MR) is 146 cm³/mol. The molecule has 2 rings (SSSR count). The Morgan fingerprint density at radius 2 is 0.812 bits per heavy atom. The third-order valence-electron chi connectivity index (χ3n) is 5.92. The summed E-state index contributed by atoms with van der Waals surface area (Å²) in [5.74, 6) is 0.456. The quantitative estimate of drug-likeness (QED) is 0.493. The Bertz CT molecular complexity index is 836. The molecule has 1 nitrogen and oxygen atoms in total. The molecule has 0 heterocycles. The van der Waals surface area contributed by atoms with Crippen LogP contribution >= 0.6 is 0 Å². The van der Waals surface area contributed by atoms with E-state index in [0.29, 0.717) is 5.75 Å². The molecular weight excluding hydrogens is 388 g/mol. The second kappa shape index (κ2) is 9.62. The van der Waals surface area contributed by atoms with Gasteiger partial charge in [0, 0.05) is 0 Å². The van der Waals surface area contributed by atoms with Crippen LogP contribution in [0.1, 0.15) is 131 Å². The van der Waals surface area contributed by atoms with Crippen LogP contribution in [0.2, 0.25) is 0 Å². The van der Waals surface area contributed by atoms with E-state index in [9.17, 15) is 5.11 Å². The summed E-state index contributed by atoms with van der Waals surface area (Å²) in [4.78, 5) is 0. The van der Waals surface area contributed by atoms with Crippen molar-refractivity contribution in [1.29, 1.82) is 0 Å². The summed E-state index contributed by atoms with van der Waals surface area (Å²) in [6.07, 6.45) is 0.874. The van der Waals surface area contributed by atoms with Gasteiger partial charge < -0.3 is 5.11 Å². The Labute approximate surface area is 200 Å². The van der Waals surface area contributed by atoms with E-state index in [4.69, 9.17) is 0 Å². The molecule has 182 valence electrons. The number of phenols is 1. The van der Waals surface area contributed by atoms with Crippen molar-refractivity contribution in [2.75, 3.05) is 0 Å². The lowest BCUT2D eigenvalue weighted by molar-refractivity contribution is 0.423. The van der Waals surface area contributed by atoms with Gasteiger partial charge in [0.2, 0.25) is 0 Å². The minimum atomic E-state index is -0.107. The first-order valence-electron chi connectivity index (χ1n) is 11.3. The highest BCUT2D eigenvalue weighted by molar-refractivity contribution is 5.51. The van der Waals surface area contributed by atoms with Crippen LogP contribution in [-0.2, 0) is 28.1 Å². The van der Waals surface area contributed by atoms with E-state index in [0.717, 1.165) is 17.5 Å². The second-order valence-corrected chi connectivity index (χ2v) is 13.1. The zero-order chi connectivity index (χ0) is 23.3. The summed E-state index contributed by atoms with van der Waals surface area (Å²) in [7, 11) is 0. The maximum absolute atomic E-state index is 11.1. The molecule has 0 radical (unpaired) electrons. The van der Waals surface area contributed by atoms with E-state index in [2.05, 4.69) is 113 Å². The lowest BCUT2D eigenvalue weighted by Crippen LogP contribution is -2.18. The number of benzene rings is 2. The molecule has 2 aromatic rings. The average Bonchev–Trinajstić information content (AvgIpc) is 2.52. The average molecular weight is 441 g/mol. The summed E-state index contributed by atoms with van der Waals surface area (Å²) in [5.41, 5.74) is 7.46. The molecule has 0 aromatic heterocycles. The number of rotatable bonds is 2. The second-order valence-electron chi connectivity index (χ2n) is 13.1. The molecule has 0 aliphatic rings. The van der Waals surface area contributed by atoms with Gasteiger partial charge >= 0.3 is 0 Å². The van der Waals surface area contributed by atoms with Crippen LogP contribution in [-0.4, -0.2) is 5.11 Å². The van der Waals surface area contributed by atoms with Crippen LogP contribution in [0.3, 0.4) is 0 Å². The highest BCUT2D eigenvalue weighted by Crippen LogP contribution is 2.40. The fourth-order valence-corrected chi connectivity index (χ4v) is 3.84. The number of hydrogen-bond acceptors (Lipinski definition) is 1. The van der Waals surface area contributed by atoms with E-state index in [1.165, 1.54) is 22.3 Å². The molecule has 0 atom stereocenters. The Kier molecular flexibility index (Phi) is 9.09. The molecule has 0 unspecified atom stereocenters. The Hall–Kier alpha value is -1.76.